The van der Waals surface area contributed by atoms with Crippen molar-refractivity contribution in [2.75, 3.05) is 0 Å². The fourth-order valence-corrected chi connectivity index (χ4v) is 0. The van der Waals surface area contributed by atoms with Crippen LogP contribution in [0.3, 0.4) is 0 Å². The van der Waals surface area contributed by atoms with Crippen LogP contribution in [0.5, 0.6) is 0 Å². The molecule has 0 bridgehead atoms. The van der Waals surface area contributed by atoms with Crippen LogP contribution >= 0.6 is 0 Å². The molecule has 0 aliphatic carbocycles. The van der Waals surface area contributed by atoms with Gasteiger partial charge in [-0.15, -0.1) is 0 Å². The number of hydrogen-bond donors (Lipinski definition) is 0. The molecule has 0 spiro atoms. The molecule has 0 heterocycles. The average Bonchev–Trinajstić information content (AvgIpc) is 1.46. The second-order valence-electron chi connectivity index (χ2n) is 0.154. The van der Waals surface area contributed by atoms with Gasteiger partial charge < -0.3 is 0 Å². The molecule has 0 rings (SSSR count). The standard InChI is InChI=1S/C2H3F.Mn.O/c1-2-3;;/h2H,1H2;;. The zero-order valence-corrected chi connectivity index (χ0v) is 3.63. The number of hydrogen-bond acceptors (Lipinski definition) is 1. The van der Waals surface area contributed by atoms with Crippen molar-refractivity contribution < 1.29 is 24.2 Å². The monoisotopic (exact) mass is 117 g/mol. The van der Waals surface area contributed by atoms with Gasteiger partial charge in [-0.1, -0.05) is 6.58 Å². The minimum atomic E-state index is 0.250. The third-order valence-corrected chi connectivity index (χ3v) is 0. The number of rotatable bonds is 0. The summed E-state index contributed by atoms with van der Waals surface area (Å²) in [4.78, 5) is 0. The molecule has 0 saturated carbocycles. The molecular formula is C2H3FMnO. The first kappa shape index (κ1) is 8.89. The van der Waals surface area contributed by atoms with E-state index in [1.807, 2.05) is 0 Å². The van der Waals surface area contributed by atoms with Gasteiger partial charge in [-0.3, -0.25) is 0 Å². The van der Waals surface area contributed by atoms with Gasteiger partial charge in [-0.2, -0.15) is 0 Å². The van der Waals surface area contributed by atoms with E-state index in [4.69, 9.17) is 3.83 Å². The van der Waals surface area contributed by atoms with Crippen molar-refractivity contribution in [3.8, 4) is 0 Å². The summed E-state index contributed by atoms with van der Waals surface area (Å²) in [6.45, 7) is 2.69. The topological polar surface area (TPSA) is 17.1 Å². The molecule has 0 radical (unpaired) electrons. The summed E-state index contributed by atoms with van der Waals surface area (Å²) in [5.74, 6) is 0. The Kier molecular flexibility index (Phi) is 64.7. The van der Waals surface area contributed by atoms with Crippen molar-refractivity contribution in [3.05, 3.63) is 12.9 Å². The van der Waals surface area contributed by atoms with Crippen LogP contribution in [0.25, 0.3) is 0 Å². The maximum absolute atomic E-state index is 10.1. The van der Waals surface area contributed by atoms with Gasteiger partial charge >= 0.3 is 19.8 Å². The summed E-state index contributed by atoms with van der Waals surface area (Å²) in [5.41, 5.74) is 0. The van der Waals surface area contributed by atoms with Crippen LogP contribution in [0.4, 0.5) is 4.39 Å². The quantitative estimate of drug-likeness (QED) is 0.432. The van der Waals surface area contributed by atoms with Gasteiger partial charge in [0.25, 0.3) is 0 Å². The second-order valence-corrected chi connectivity index (χ2v) is 0.154. The van der Waals surface area contributed by atoms with Gasteiger partial charge in [0, 0.05) is 0 Å². The molecule has 0 atom stereocenters. The Labute approximate surface area is 37.9 Å². The van der Waals surface area contributed by atoms with Crippen LogP contribution in [0, 0.1) is 0 Å². The molecule has 31 valence electrons. The van der Waals surface area contributed by atoms with Crippen LogP contribution in [0.15, 0.2) is 12.9 Å². The SMILES string of the molecule is C=CF.[O]=[Mn]. The molecule has 0 aliphatic rings. The summed E-state index contributed by atoms with van der Waals surface area (Å²) in [5, 5.41) is 0. The molecule has 0 fully saturated rings. The minimum absolute atomic E-state index is 0.250. The van der Waals surface area contributed by atoms with Crippen molar-refractivity contribution in [1.82, 2.24) is 0 Å². The predicted molar refractivity (Wildman–Crippen MR) is 12.0 cm³/mol. The van der Waals surface area contributed by atoms with Crippen molar-refractivity contribution >= 4 is 0 Å². The molecule has 5 heavy (non-hydrogen) atoms. The van der Waals surface area contributed by atoms with Gasteiger partial charge in [0.15, 0.2) is 0 Å². The van der Waals surface area contributed by atoms with E-state index < -0.39 is 0 Å². The van der Waals surface area contributed by atoms with Crippen LogP contribution < -0.4 is 0 Å². The zero-order valence-electron chi connectivity index (χ0n) is 2.45. The Morgan fingerprint density at radius 2 is 1.80 bits per heavy atom. The van der Waals surface area contributed by atoms with E-state index in [0.717, 1.165) is 0 Å². The summed E-state index contributed by atoms with van der Waals surface area (Å²) in [6.07, 6.45) is 0.250. The third kappa shape index (κ3) is 143000. The first-order chi connectivity index (χ1) is 2.41. The molecule has 0 aromatic heterocycles. The van der Waals surface area contributed by atoms with Crippen molar-refractivity contribution in [3.63, 3.8) is 0 Å². The Morgan fingerprint density at radius 3 is 1.80 bits per heavy atom. The molecule has 0 unspecified atom stereocenters. The Hall–Kier alpha value is -0.0105. The fourth-order valence-electron chi connectivity index (χ4n) is 0. The molecule has 1 nitrogen and oxygen atoms in total. The van der Waals surface area contributed by atoms with Gasteiger partial charge in [-0.25, -0.2) is 4.39 Å². The van der Waals surface area contributed by atoms with Crippen LogP contribution in [-0.4, -0.2) is 0 Å². The molecule has 0 aliphatic heterocycles. The molecule has 0 N–H and O–H groups in total. The summed E-state index contributed by atoms with van der Waals surface area (Å²) >= 11 is 1.69. The molecule has 0 saturated heterocycles. The van der Waals surface area contributed by atoms with E-state index in [9.17, 15) is 4.39 Å². The Bertz CT molecular complexity index is 23.6. The van der Waals surface area contributed by atoms with E-state index in [2.05, 4.69) is 6.58 Å². The Morgan fingerprint density at radius 1 is 1.80 bits per heavy atom. The van der Waals surface area contributed by atoms with Crippen molar-refractivity contribution in [1.29, 1.82) is 0 Å². The summed E-state index contributed by atoms with van der Waals surface area (Å²) < 4.78 is 18.1. The van der Waals surface area contributed by atoms with Gasteiger partial charge in [0.2, 0.25) is 0 Å². The molecule has 0 aromatic carbocycles. The van der Waals surface area contributed by atoms with Crippen LogP contribution in [-0.2, 0) is 19.8 Å². The molecule has 0 aromatic rings. The number of halogens is 1. The van der Waals surface area contributed by atoms with E-state index >= 15 is 0 Å². The second kappa shape index (κ2) is 36.4. The summed E-state index contributed by atoms with van der Waals surface area (Å²) in [6, 6.07) is 0. The van der Waals surface area contributed by atoms with Gasteiger partial charge in [0.05, 0.1) is 6.33 Å². The van der Waals surface area contributed by atoms with Crippen molar-refractivity contribution in [2.24, 2.45) is 0 Å². The third-order valence-electron chi connectivity index (χ3n) is 0. The van der Waals surface area contributed by atoms with Crippen molar-refractivity contribution in [2.45, 2.75) is 0 Å². The fraction of sp³-hybridized carbons (Fsp3) is 0. The van der Waals surface area contributed by atoms with Gasteiger partial charge in [0.1, 0.15) is 0 Å². The van der Waals surface area contributed by atoms with Crippen LogP contribution in [0.1, 0.15) is 0 Å². The summed E-state index contributed by atoms with van der Waals surface area (Å²) in [7, 11) is 0. The van der Waals surface area contributed by atoms with E-state index in [-0.39, 0.29) is 6.33 Å². The molecule has 3 heteroatoms. The van der Waals surface area contributed by atoms with Gasteiger partial charge in [-0.05, 0) is 0 Å². The van der Waals surface area contributed by atoms with E-state index in [0.29, 0.717) is 0 Å². The average molecular weight is 117 g/mol. The normalized spacial score (nSPS) is 3.40. The predicted octanol–water partition coefficient (Wildman–Crippen LogP) is 0.978. The first-order valence-corrected chi connectivity index (χ1v) is 1.26. The first-order valence-electron chi connectivity index (χ1n) is 0.781. The van der Waals surface area contributed by atoms with Crippen LogP contribution in [0.2, 0.25) is 0 Å². The zero-order chi connectivity index (χ0) is 4.71. The Balaban J connectivity index is 0. The maximum atomic E-state index is 10.1. The molecule has 0 amide bonds. The molecular weight excluding hydrogens is 114 g/mol. The van der Waals surface area contributed by atoms with E-state index in [1.165, 1.54) is 0 Å². The van der Waals surface area contributed by atoms with E-state index in [1.54, 1.807) is 15.9 Å².